The quantitative estimate of drug-likeness (QED) is 0.707. The zero-order valence-electron chi connectivity index (χ0n) is 11.3. The molecule has 0 aromatic heterocycles. The van der Waals surface area contributed by atoms with Gasteiger partial charge in [-0.05, 0) is 32.5 Å². The molecule has 0 unspecified atom stereocenters. The van der Waals surface area contributed by atoms with Crippen LogP contribution >= 0.6 is 0 Å². The van der Waals surface area contributed by atoms with E-state index in [1.807, 2.05) is 25.2 Å². The van der Waals surface area contributed by atoms with Crippen molar-refractivity contribution < 1.29 is 14.7 Å². The molecule has 1 amide bonds. The maximum Gasteiger partial charge on any atom is 0.331 e. The number of carbonyl (C=O) groups excluding carboxylic acids is 1. The molecule has 0 saturated heterocycles. The Balaban J connectivity index is 2.94. The second kappa shape index (κ2) is 6.70. The number of para-hydroxylation sites is 1. The summed E-state index contributed by atoms with van der Waals surface area (Å²) in [6, 6.07) is 7.38. The van der Waals surface area contributed by atoms with Gasteiger partial charge in [0.15, 0.2) is 0 Å². The smallest absolute Gasteiger partial charge is 0.331 e. The van der Waals surface area contributed by atoms with Crippen molar-refractivity contribution >= 4 is 17.6 Å². The van der Waals surface area contributed by atoms with Gasteiger partial charge in [-0.25, -0.2) is 4.79 Å². The van der Waals surface area contributed by atoms with Crippen LogP contribution in [0.25, 0.3) is 0 Å². The lowest BCUT2D eigenvalue weighted by Crippen LogP contribution is -2.18. The lowest BCUT2D eigenvalue weighted by Gasteiger charge is -2.11. The van der Waals surface area contributed by atoms with Crippen molar-refractivity contribution in [1.29, 1.82) is 0 Å². The molecule has 0 radical (unpaired) electrons. The highest BCUT2D eigenvalue weighted by atomic mass is 16.4. The molecule has 19 heavy (non-hydrogen) atoms. The van der Waals surface area contributed by atoms with Crippen LogP contribution in [0.3, 0.4) is 0 Å². The number of rotatable bonds is 5. The Labute approximate surface area is 112 Å². The van der Waals surface area contributed by atoms with E-state index in [9.17, 15) is 9.59 Å². The van der Waals surface area contributed by atoms with Crippen LogP contribution in [-0.4, -0.2) is 24.0 Å². The van der Waals surface area contributed by atoms with Crippen molar-refractivity contribution in [2.45, 2.75) is 20.4 Å². The minimum absolute atomic E-state index is 0.0450. The Morgan fingerprint density at radius 1 is 1.16 bits per heavy atom. The highest BCUT2D eigenvalue weighted by molar-refractivity contribution is 6.08. The molecular formula is C14H18N2O3. The summed E-state index contributed by atoms with van der Waals surface area (Å²) < 4.78 is 0. The first-order chi connectivity index (χ1) is 8.97. The molecule has 1 rings (SSSR count). The summed E-state index contributed by atoms with van der Waals surface area (Å²) in [4.78, 5) is 22.8. The Morgan fingerprint density at radius 3 is 2.37 bits per heavy atom. The van der Waals surface area contributed by atoms with Crippen LogP contribution in [0.15, 0.2) is 35.4 Å². The van der Waals surface area contributed by atoms with Gasteiger partial charge in [-0.15, -0.1) is 0 Å². The van der Waals surface area contributed by atoms with Gasteiger partial charge in [0.05, 0.1) is 0 Å². The van der Waals surface area contributed by atoms with E-state index < -0.39 is 11.9 Å². The average molecular weight is 262 g/mol. The number of hydrogen-bond donors (Lipinski definition) is 3. The van der Waals surface area contributed by atoms with Gasteiger partial charge in [0.1, 0.15) is 0 Å². The molecule has 0 spiro atoms. The molecule has 0 bridgehead atoms. The fourth-order valence-electron chi connectivity index (χ4n) is 1.53. The maximum atomic E-state index is 12.0. The standard InChI is InChI=1S/C14H18N2O3/c1-9(10(2)14(18)19)13(17)16-12-7-5-4-6-11(12)8-15-3/h4-7,15H,8H2,1-3H3,(H,16,17)(H,18,19). The third kappa shape index (κ3) is 3.93. The van der Waals surface area contributed by atoms with E-state index in [0.717, 1.165) is 5.56 Å². The predicted octanol–water partition coefficient (Wildman–Crippen LogP) is 1.77. The van der Waals surface area contributed by atoms with Crippen LogP contribution in [0.2, 0.25) is 0 Å². The lowest BCUT2D eigenvalue weighted by molar-refractivity contribution is -0.133. The first kappa shape index (κ1) is 14.9. The third-order valence-electron chi connectivity index (χ3n) is 2.86. The first-order valence-corrected chi connectivity index (χ1v) is 5.92. The van der Waals surface area contributed by atoms with Gasteiger partial charge >= 0.3 is 5.97 Å². The zero-order valence-corrected chi connectivity index (χ0v) is 11.3. The summed E-state index contributed by atoms with van der Waals surface area (Å²) in [7, 11) is 1.82. The number of hydrogen-bond acceptors (Lipinski definition) is 3. The minimum Gasteiger partial charge on any atom is -0.478 e. The van der Waals surface area contributed by atoms with Gasteiger partial charge in [-0.2, -0.15) is 0 Å². The Bertz CT molecular complexity index is 521. The van der Waals surface area contributed by atoms with Crippen molar-refractivity contribution in [3.05, 3.63) is 41.0 Å². The highest BCUT2D eigenvalue weighted by Crippen LogP contribution is 2.16. The Kier molecular flexibility index (Phi) is 5.26. The largest absolute Gasteiger partial charge is 0.478 e. The molecule has 5 nitrogen and oxygen atoms in total. The Hall–Kier alpha value is -2.14. The maximum absolute atomic E-state index is 12.0. The number of carbonyl (C=O) groups is 2. The molecule has 1 aromatic carbocycles. The van der Waals surface area contributed by atoms with Gasteiger partial charge in [0, 0.05) is 23.4 Å². The van der Waals surface area contributed by atoms with E-state index in [1.165, 1.54) is 13.8 Å². The van der Waals surface area contributed by atoms with E-state index in [-0.39, 0.29) is 11.1 Å². The molecule has 0 aliphatic heterocycles. The number of benzene rings is 1. The number of anilines is 1. The van der Waals surface area contributed by atoms with Crippen LogP contribution in [0.1, 0.15) is 19.4 Å². The van der Waals surface area contributed by atoms with E-state index in [4.69, 9.17) is 5.11 Å². The SMILES string of the molecule is CNCc1ccccc1NC(=O)C(C)=C(C)C(=O)O. The van der Waals surface area contributed by atoms with E-state index in [2.05, 4.69) is 10.6 Å². The molecule has 1 aromatic rings. The number of amides is 1. The number of carboxylic acid groups (broad SMARTS) is 1. The molecule has 0 aliphatic carbocycles. The molecule has 0 aliphatic rings. The van der Waals surface area contributed by atoms with E-state index >= 15 is 0 Å². The van der Waals surface area contributed by atoms with Crippen molar-refractivity contribution in [2.75, 3.05) is 12.4 Å². The molecular weight excluding hydrogens is 244 g/mol. The molecule has 0 fully saturated rings. The topological polar surface area (TPSA) is 78.4 Å². The van der Waals surface area contributed by atoms with Crippen molar-refractivity contribution in [3.63, 3.8) is 0 Å². The fraction of sp³-hybridized carbons (Fsp3) is 0.286. The van der Waals surface area contributed by atoms with Crippen molar-refractivity contribution in [3.8, 4) is 0 Å². The molecule has 0 atom stereocenters. The molecule has 102 valence electrons. The molecule has 3 N–H and O–H groups in total. The Morgan fingerprint density at radius 2 is 1.79 bits per heavy atom. The molecule has 0 heterocycles. The second-order valence-corrected chi connectivity index (χ2v) is 4.20. The summed E-state index contributed by atoms with van der Waals surface area (Å²) >= 11 is 0. The van der Waals surface area contributed by atoms with E-state index in [0.29, 0.717) is 12.2 Å². The van der Waals surface area contributed by atoms with Gasteiger partial charge in [0.2, 0.25) is 0 Å². The van der Waals surface area contributed by atoms with E-state index in [1.54, 1.807) is 6.07 Å². The summed E-state index contributed by atoms with van der Waals surface area (Å²) in [5.41, 5.74) is 1.87. The highest BCUT2D eigenvalue weighted by Gasteiger charge is 2.13. The van der Waals surface area contributed by atoms with Gasteiger partial charge in [-0.1, -0.05) is 18.2 Å². The van der Waals surface area contributed by atoms with Gasteiger partial charge < -0.3 is 15.7 Å². The molecule has 0 saturated carbocycles. The third-order valence-corrected chi connectivity index (χ3v) is 2.86. The second-order valence-electron chi connectivity index (χ2n) is 4.20. The van der Waals surface area contributed by atoms with Crippen molar-refractivity contribution in [1.82, 2.24) is 5.32 Å². The minimum atomic E-state index is -1.09. The first-order valence-electron chi connectivity index (χ1n) is 5.92. The summed E-state index contributed by atoms with van der Waals surface area (Å²) in [6.07, 6.45) is 0. The summed E-state index contributed by atoms with van der Waals surface area (Å²) in [5, 5.41) is 14.6. The summed E-state index contributed by atoms with van der Waals surface area (Å²) in [6.45, 7) is 3.54. The summed E-state index contributed by atoms with van der Waals surface area (Å²) in [5.74, 6) is -1.49. The van der Waals surface area contributed by atoms with Crippen molar-refractivity contribution in [2.24, 2.45) is 0 Å². The predicted molar refractivity (Wildman–Crippen MR) is 73.8 cm³/mol. The fourth-order valence-corrected chi connectivity index (χ4v) is 1.53. The van der Waals surface area contributed by atoms with Crippen LogP contribution in [0, 0.1) is 0 Å². The average Bonchev–Trinajstić information content (AvgIpc) is 2.39. The van der Waals surface area contributed by atoms with Crippen LogP contribution < -0.4 is 10.6 Å². The normalized spacial score (nSPS) is 11.7. The van der Waals surface area contributed by atoms with Crippen LogP contribution in [-0.2, 0) is 16.1 Å². The number of carboxylic acids is 1. The number of aliphatic carboxylic acids is 1. The van der Waals surface area contributed by atoms with Gasteiger partial charge in [-0.3, -0.25) is 4.79 Å². The number of nitrogens with one attached hydrogen (secondary N) is 2. The monoisotopic (exact) mass is 262 g/mol. The lowest BCUT2D eigenvalue weighted by atomic mass is 10.1. The van der Waals surface area contributed by atoms with Crippen LogP contribution in [0.4, 0.5) is 5.69 Å². The zero-order chi connectivity index (χ0) is 14.4. The van der Waals surface area contributed by atoms with Crippen LogP contribution in [0.5, 0.6) is 0 Å². The molecule has 5 heteroatoms. The van der Waals surface area contributed by atoms with Gasteiger partial charge in [0.25, 0.3) is 5.91 Å².